The van der Waals surface area contributed by atoms with E-state index < -0.39 is 0 Å². The van der Waals surface area contributed by atoms with E-state index in [1.165, 1.54) is 38.9 Å². The van der Waals surface area contributed by atoms with Gasteiger partial charge in [0, 0.05) is 48.7 Å². The van der Waals surface area contributed by atoms with E-state index in [4.69, 9.17) is 4.84 Å². The van der Waals surface area contributed by atoms with Crippen molar-refractivity contribution >= 4 is 10.9 Å². The molecule has 2 fully saturated rings. The van der Waals surface area contributed by atoms with Crippen LogP contribution in [0.15, 0.2) is 42.5 Å². The average Bonchev–Trinajstić information content (AvgIpc) is 3.24. The summed E-state index contributed by atoms with van der Waals surface area (Å²) in [4.78, 5) is 12.7. The Morgan fingerprint density at radius 1 is 1.07 bits per heavy atom. The normalized spacial score (nSPS) is 29.6. The zero-order valence-electron chi connectivity index (χ0n) is 17.5. The lowest BCUT2D eigenvalue weighted by molar-refractivity contribution is -0.140. The minimum absolute atomic E-state index is 0.322. The number of benzene rings is 2. The fourth-order valence-electron chi connectivity index (χ4n) is 6.12. The molecule has 6 rings (SSSR count). The molecule has 0 amide bonds. The molecule has 0 unspecified atom stereocenters. The summed E-state index contributed by atoms with van der Waals surface area (Å²) in [6.07, 6.45) is 2.60. The molecule has 4 atom stereocenters. The van der Waals surface area contributed by atoms with Gasteiger partial charge in [-0.15, -0.1) is 0 Å². The maximum atomic E-state index is 6.05. The Balaban J connectivity index is 1.47. The van der Waals surface area contributed by atoms with Crippen LogP contribution >= 0.6 is 0 Å². The van der Waals surface area contributed by atoms with Crippen molar-refractivity contribution in [1.82, 2.24) is 14.9 Å². The van der Waals surface area contributed by atoms with Gasteiger partial charge >= 0.3 is 0 Å². The quantitative estimate of drug-likeness (QED) is 0.657. The Hall–Kier alpha value is -2.14. The second-order valence-electron chi connectivity index (χ2n) is 9.14. The standard InChI is InChI=1S/C25H29N3O/c1-15-7-4-5-8-17(15)18-9-6-10-19-20-11-12-28-14-21-16(2)29-27(3)22(21)13-23(28)25(20)26-24(18)19/h4-10,16,21-23,26H,11-14H2,1-3H3/t16-,21-,22-,23-/m0/s1. The van der Waals surface area contributed by atoms with Crippen LogP contribution in [0.4, 0.5) is 0 Å². The summed E-state index contributed by atoms with van der Waals surface area (Å²) in [7, 11) is 2.11. The summed E-state index contributed by atoms with van der Waals surface area (Å²) in [5.74, 6) is 0.615. The van der Waals surface area contributed by atoms with E-state index in [-0.39, 0.29) is 0 Å². The first-order valence-corrected chi connectivity index (χ1v) is 10.9. The highest BCUT2D eigenvalue weighted by atomic mass is 16.7. The van der Waals surface area contributed by atoms with Crippen LogP contribution in [-0.4, -0.2) is 47.2 Å². The van der Waals surface area contributed by atoms with Crippen molar-refractivity contribution in [1.29, 1.82) is 0 Å². The van der Waals surface area contributed by atoms with Crippen LogP contribution in [0.3, 0.4) is 0 Å². The number of hydroxylamine groups is 2. The molecule has 3 aromatic rings. The number of nitrogens with one attached hydrogen (secondary N) is 1. The van der Waals surface area contributed by atoms with E-state index in [1.807, 2.05) is 0 Å². The molecule has 2 saturated heterocycles. The van der Waals surface area contributed by atoms with Gasteiger partial charge in [0.2, 0.25) is 0 Å². The van der Waals surface area contributed by atoms with Crippen molar-refractivity contribution in [2.45, 2.75) is 44.9 Å². The van der Waals surface area contributed by atoms with Gasteiger partial charge in [-0.25, -0.2) is 0 Å². The maximum Gasteiger partial charge on any atom is 0.0821 e. The van der Waals surface area contributed by atoms with Gasteiger partial charge in [0.05, 0.1) is 17.7 Å². The molecule has 3 aliphatic heterocycles. The molecule has 3 aliphatic rings. The number of piperidine rings is 1. The first kappa shape index (κ1) is 17.7. The number of rotatable bonds is 1. The summed E-state index contributed by atoms with van der Waals surface area (Å²) in [5, 5.41) is 3.54. The molecule has 0 bridgehead atoms. The smallest absolute Gasteiger partial charge is 0.0821 e. The first-order valence-electron chi connectivity index (χ1n) is 10.9. The second kappa shape index (κ2) is 6.43. The summed E-state index contributed by atoms with van der Waals surface area (Å²) in [6, 6.07) is 16.5. The largest absolute Gasteiger partial charge is 0.356 e. The molecular formula is C25H29N3O. The molecule has 2 aromatic carbocycles. The summed E-state index contributed by atoms with van der Waals surface area (Å²) in [5.41, 5.74) is 8.26. The molecular weight excluding hydrogens is 358 g/mol. The number of para-hydroxylation sites is 1. The van der Waals surface area contributed by atoms with E-state index in [1.54, 1.807) is 0 Å². The zero-order valence-corrected chi connectivity index (χ0v) is 17.5. The van der Waals surface area contributed by atoms with Crippen LogP contribution in [-0.2, 0) is 11.3 Å². The summed E-state index contributed by atoms with van der Waals surface area (Å²) < 4.78 is 0. The van der Waals surface area contributed by atoms with Gasteiger partial charge in [-0.1, -0.05) is 42.5 Å². The SMILES string of the molecule is Cc1ccccc1-c1cccc2c3c([nH]c12)[C@@H]1C[C@H]2[C@@H](CN1CC3)[C@H](C)ON2C. The minimum atomic E-state index is 0.322. The number of aryl methyl sites for hydroxylation is 1. The highest BCUT2D eigenvalue weighted by Gasteiger charge is 2.48. The van der Waals surface area contributed by atoms with Crippen molar-refractivity contribution in [3.63, 3.8) is 0 Å². The Labute approximate surface area is 172 Å². The van der Waals surface area contributed by atoms with Crippen LogP contribution in [0.25, 0.3) is 22.0 Å². The Morgan fingerprint density at radius 3 is 2.76 bits per heavy atom. The molecule has 1 aromatic heterocycles. The Morgan fingerprint density at radius 2 is 1.90 bits per heavy atom. The van der Waals surface area contributed by atoms with E-state index >= 15 is 0 Å². The monoisotopic (exact) mass is 387 g/mol. The third-order valence-electron chi connectivity index (χ3n) is 7.64. The lowest BCUT2D eigenvalue weighted by atomic mass is 9.81. The number of hydrogen-bond acceptors (Lipinski definition) is 3. The minimum Gasteiger partial charge on any atom is -0.356 e. The second-order valence-corrected chi connectivity index (χ2v) is 9.14. The number of fused-ring (bicyclic) bond motifs is 6. The van der Waals surface area contributed by atoms with Gasteiger partial charge in [-0.2, -0.15) is 5.06 Å². The number of hydrogen-bond donors (Lipinski definition) is 1. The van der Waals surface area contributed by atoms with Gasteiger partial charge in [0.1, 0.15) is 0 Å². The van der Waals surface area contributed by atoms with Gasteiger partial charge in [0.15, 0.2) is 0 Å². The number of aromatic amines is 1. The molecule has 4 heteroatoms. The number of H-pyrrole nitrogens is 1. The maximum absolute atomic E-state index is 6.05. The molecule has 0 saturated carbocycles. The molecule has 4 heterocycles. The molecule has 0 radical (unpaired) electrons. The summed E-state index contributed by atoms with van der Waals surface area (Å²) in [6.45, 7) is 6.73. The number of nitrogens with zero attached hydrogens (tertiary/aromatic N) is 2. The van der Waals surface area contributed by atoms with Crippen molar-refractivity contribution in [2.24, 2.45) is 5.92 Å². The highest BCUT2D eigenvalue weighted by molar-refractivity contribution is 5.97. The fourth-order valence-corrected chi connectivity index (χ4v) is 6.12. The molecule has 0 spiro atoms. The summed E-state index contributed by atoms with van der Waals surface area (Å²) >= 11 is 0. The Bertz CT molecular complexity index is 1090. The molecule has 0 aliphatic carbocycles. The van der Waals surface area contributed by atoms with Crippen molar-refractivity contribution < 1.29 is 4.84 Å². The van der Waals surface area contributed by atoms with Crippen LogP contribution in [0.5, 0.6) is 0 Å². The highest BCUT2D eigenvalue weighted by Crippen LogP contribution is 2.46. The van der Waals surface area contributed by atoms with Crippen molar-refractivity contribution in [2.75, 3.05) is 20.1 Å². The van der Waals surface area contributed by atoms with E-state index in [0.717, 1.165) is 25.9 Å². The Kier molecular flexibility index (Phi) is 3.92. The van der Waals surface area contributed by atoms with Crippen LogP contribution in [0.2, 0.25) is 0 Å². The van der Waals surface area contributed by atoms with E-state index in [9.17, 15) is 0 Å². The topological polar surface area (TPSA) is 31.5 Å². The third kappa shape index (κ3) is 2.56. The van der Waals surface area contributed by atoms with Gasteiger partial charge < -0.3 is 4.98 Å². The first-order chi connectivity index (χ1) is 14.1. The third-order valence-corrected chi connectivity index (χ3v) is 7.64. The van der Waals surface area contributed by atoms with Gasteiger partial charge in [0.25, 0.3) is 0 Å². The van der Waals surface area contributed by atoms with Crippen LogP contribution < -0.4 is 0 Å². The molecule has 1 N–H and O–H groups in total. The van der Waals surface area contributed by atoms with Gasteiger partial charge in [-0.05, 0) is 43.4 Å². The number of aromatic nitrogens is 1. The van der Waals surface area contributed by atoms with Gasteiger partial charge in [-0.3, -0.25) is 9.74 Å². The van der Waals surface area contributed by atoms with Crippen molar-refractivity contribution in [3.05, 3.63) is 59.3 Å². The molecule has 150 valence electrons. The van der Waals surface area contributed by atoms with Crippen LogP contribution in [0.1, 0.15) is 36.2 Å². The van der Waals surface area contributed by atoms with Crippen molar-refractivity contribution in [3.8, 4) is 11.1 Å². The van der Waals surface area contributed by atoms with Crippen LogP contribution in [0, 0.1) is 12.8 Å². The lowest BCUT2D eigenvalue weighted by Crippen LogP contribution is -2.50. The van der Waals surface area contributed by atoms with E-state index in [2.05, 4.69) is 78.3 Å². The predicted octanol–water partition coefficient (Wildman–Crippen LogP) is 4.70. The fraction of sp³-hybridized carbons (Fsp3) is 0.440. The predicted molar refractivity (Wildman–Crippen MR) is 117 cm³/mol. The molecule has 4 nitrogen and oxygen atoms in total. The van der Waals surface area contributed by atoms with E-state index in [0.29, 0.717) is 24.1 Å². The lowest BCUT2D eigenvalue weighted by Gasteiger charge is -2.44. The average molecular weight is 388 g/mol. The zero-order chi connectivity index (χ0) is 19.7. The molecule has 29 heavy (non-hydrogen) atoms.